The highest BCUT2D eigenvalue weighted by atomic mass is 19.1. The van der Waals surface area contributed by atoms with E-state index in [9.17, 15) is 9.18 Å². The third kappa shape index (κ3) is 7.43. The maximum atomic E-state index is 12.7. The largest absolute Gasteiger partial charge is 0.377 e. The number of hydrogen-bond acceptors (Lipinski definition) is 3. The summed E-state index contributed by atoms with van der Waals surface area (Å²) in [5, 5.41) is 5.10. The van der Waals surface area contributed by atoms with Gasteiger partial charge in [-0.3, -0.25) is 4.79 Å². The molecule has 0 heterocycles. The van der Waals surface area contributed by atoms with Gasteiger partial charge in [-0.05, 0) is 7.05 Å². The molecule has 5 heteroatoms. The predicted molar refractivity (Wildman–Crippen MR) is 43.7 cm³/mol. The molecule has 0 aromatic heterocycles. The number of carbonyl (C=O) groups is 1. The fourth-order valence-electron chi connectivity index (χ4n) is 0.620. The van der Waals surface area contributed by atoms with Crippen molar-refractivity contribution < 1.29 is 13.9 Å². The van der Waals surface area contributed by atoms with Crippen molar-refractivity contribution in [2.75, 3.05) is 33.4 Å². The van der Waals surface area contributed by atoms with Crippen LogP contribution in [-0.2, 0) is 9.53 Å². The van der Waals surface area contributed by atoms with E-state index in [1.165, 1.54) is 0 Å². The normalized spacial score (nSPS) is 12.5. The van der Waals surface area contributed by atoms with E-state index in [-0.39, 0.29) is 13.2 Å². The van der Waals surface area contributed by atoms with Crippen LogP contribution in [0.4, 0.5) is 4.39 Å². The zero-order chi connectivity index (χ0) is 9.23. The first kappa shape index (κ1) is 11.3. The summed E-state index contributed by atoms with van der Waals surface area (Å²) >= 11 is 0. The van der Waals surface area contributed by atoms with Gasteiger partial charge in [0.25, 0.3) is 0 Å². The number of rotatable bonds is 8. The van der Waals surface area contributed by atoms with Crippen molar-refractivity contribution in [3.63, 3.8) is 0 Å². The Kier molecular flexibility index (Phi) is 7.94. The van der Waals surface area contributed by atoms with Crippen molar-refractivity contribution in [2.45, 2.75) is 6.17 Å². The SMILES string of the molecule is CNCCOCC(F)CNC=O. The lowest BCUT2D eigenvalue weighted by molar-refractivity contribution is -0.109. The fraction of sp³-hybridized carbons (Fsp3) is 0.857. The van der Waals surface area contributed by atoms with Gasteiger partial charge in [-0.15, -0.1) is 0 Å². The Morgan fingerprint density at radius 2 is 2.42 bits per heavy atom. The van der Waals surface area contributed by atoms with Crippen LogP contribution < -0.4 is 10.6 Å². The highest BCUT2D eigenvalue weighted by Crippen LogP contribution is 1.88. The molecule has 0 aromatic rings. The lowest BCUT2D eigenvalue weighted by Gasteiger charge is -2.07. The molecule has 12 heavy (non-hydrogen) atoms. The second kappa shape index (κ2) is 8.42. The summed E-state index contributed by atoms with van der Waals surface area (Å²) in [6, 6.07) is 0. The van der Waals surface area contributed by atoms with E-state index in [2.05, 4.69) is 10.6 Å². The Hall–Kier alpha value is -0.680. The number of likely N-dealkylation sites (N-methyl/N-ethyl adjacent to an activating group) is 1. The van der Waals surface area contributed by atoms with Crippen molar-refractivity contribution >= 4 is 6.41 Å². The van der Waals surface area contributed by atoms with Crippen LogP contribution >= 0.6 is 0 Å². The van der Waals surface area contributed by atoms with Crippen molar-refractivity contribution in [1.82, 2.24) is 10.6 Å². The molecule has 0 fully saturated rings. The molecule has 4 nitrogen and oxygen atoms in total. The topological polar surface area (TPSA) is 50.4 Å². The Labute approximate surface area is 71.5 Å². The van der Waals surface area contributed by atoms with Crippen LogP contribution in [0.25, 0.3) is 0 Å². The molecule has 0 saturated heterocycles. The van der Waals surface area contributed by atoms with Crippen molar-refractivity contribution in [2.24, 2.45) is 0 Å². The zero-order valence-corrected chi connectivity index (χ0v) is 7.18. The number of ether oxygens (including phenoxy) is 1. The van der Waals surface area contributed by atoms with Gasteiger partial charge in [-0.1, -0.05) is 0 Å². The molecule has 0 spiro atoms. The summed E-state index contributed by atoms with van der Waals surface area (Å²) in [7, 11) is 1.80. The summed E-state index contributed by atoms with van der Waals surface area (Å²) in [4.78, 5) is 9.76. The van der Waals surface area contributed by atoms with Gasteiger partial charge in [0.1, 0.15) is 6.17 Å². The average molecular weight is 178 g/mol. The number of amides is 1. The number of nitrogens with one attached hydrogen (secondary N) is 2. The monoisotopic (exact) mass is 178 g/mol. The Morgan fingerprint density at radius 3 is 3.00 bits per heavy atom. The van der Waals surface area contributed by atoms with Gasteiger partial charge >= 0.3 is 0 Å². The minimum Gasteiger partial charge on any atom is -0.377 e. The van der Waals surface area contributed by atoms with Gasteiger partial charge in [-0.2, -0.15) is 0 Å². The lowest BCUT2D eigenvalue weighted by atomic mass is 10.4. The molecule has 0 aliphatic heterocycles. The van der Waals surface area contributed by atoms with Crippen LogP contribution in [0.2, 0.25) is 0 Å². The van der Waals surface area contributed by atoms with E-state index in [0.29, 0.717) is 19.6 Å². The first-order valence-corrected chi connectivity index (χ1v) is 3.84. The van der Waals surface area contributed by atoms with Gasteiger partial charge in [0.05, 0.1) is 19.8 Å². The van der Waals surface area contributed by atoms with Crippen molar-refractivity contribution in [3.8, 4) is 0 Å². The Bertz CT molecular complexity index is 114. The number of carbonyl (C=O) groups excluding carboxylic acids is 1. The molecular formula is C7H15FN2O2. The van der Waals surface area contributed by atoms with E-state index < -0.39 is 6.17 Å². The third-order valence-corrected chi connectivity index (χ3v) is 1.22. The van der Waals surface area contributed by atoms with E-state index >= 15 is 0 Å². The Balaban J connectivity index is 3.07. The first-order chi connectivity index (χ1) is 5.81. The van der Waals surface area contributed by atoms with E-state index in [0.717, 1.165) is 0 Å². The van der Waals surface area contributed by atoms with E-state index in [1.807, 2.05) is 0 Å². The smallest absolute Gasteiger partial charge is 0.207 e. The molecule has 0 rings (SSSR count). The minimum atomic E-state index is -1.12. The summed E-state index contributed by atoms with van der Waals surface area (Å²) in [6.07, 6.45) is -0.646. The molecule has 0 aliphatic rings. The minimum absolute atomic E-state index is 0.0169. The summed E-state index contributed by atoms with van der Waals surface area (Å²) in [5.41, 5.74) is 0. The van der Waals surface area contributed by atoms with Crippen LogP contribution in [0.5, 0.6) is 0 Å². The van der Waals surface area contributed by atoms with Crippen LogP contribution in [0.1, 0.15) is 0 Å². The van der Waals surface area contributed by atoms with Gasteiger partial charge in [0.15, 0.2) is 0 Å². The molecular weight excluding hydrogens is 163 g/mol. The predicted octanol–water partition coefficient (Wildman–Crippen LogP) is -0.693. The quantitative estimate of drug-likeness (QED) is 0.382. The second-order valence-corrected chi connectivity index (χ2v) is 2.30. The molecule has 0 radical (unpaired) electrons. The molecule has 1 atom stereocenters. The molecule has 2 N–H and O–H groups in total. The Morgan fingerprint density at radius 1 is 1.67 bits per heavy atom. The molecule has 0 aromatic carbocycles. The zero-order valence-electron chi connectivity index (χ0n) is 7.18. The molecule has 1 amide bonds. The lowest BCUT2D eigenvalue weighted by Crippen LogP contribution is -2.27. The van der Waals surface area contributed by atoms with Gasteiger partial charge in [0.2, 0.25) is 6.41 Å². The summed E-state index contributed by atoms with van der Waals surface area (Å²) < 4.78 is 17.6. The highest BCUT2D eigenvalue weighted by Gasteiger charge is 2.04. The second-order valence-electron chi connectivity index (χ2n) is 2.30. The number of halogens is 1. The van der Waals surface area contributed by atoms with Gasteiger partial charge < -0.3 is 15.4 Å². The molecule has 0 aliphatic carbocycles. The molecule has 1 unspecified atom stereocenters. The highest BCUT2D eigenvalue weighted by molar-refractivity contribution is 5.45. The molecule has 0 bridgehead atoms. The fourth-order valence-corrected chi connectivity index (χ4v) is 0.620. The van der Waals surface area contributed by atoms with Crippen molar-refractivity contribution in [3.05, 3.63) is 0 Å². The van der Waals surface area contributed by atoms with Crippen molar-refractivity contribution in [1.29, 1.82) is 0 Å². The maximum absolute atomic E-state index is 12.7. The van der Waals surface area contributed by atoms with E-state index in [1.54, 1.807) is 7.05 Å². The third-order valence-electron chi connectivity index (χ3n) is 1.22. The van der Waals surface area contributed by atoms with Gasteiger partial charge in [0, 0.05) is 6.54 Å². The van der Waals surface area contributed by atoms with E-state index in [4.69, 9.17) is 4.74 Å². The summed E-state index contributed by atoms with van der Waals surface area (Å²) in [6.45, 7) is 1.23. The molecule has 0 saturated carbocycles. The van der Waals surface area contributed by atoms with Gasteiger partial charge in [-0.25, -0.2) is 4.39 Å². The number of alkyl halides is 1. The average Bonchev–Trinajstić information content (AvgIpc) is 2.09. The van der Waals surface area contributed by atoms with Crippen LogP contribution in [0.3, 0.4) is 0 Å². The van der Waals surface area contributed by atoms with Crippen LogP contribution in [-0.4, -0.2) is 45.9 Å². The van der Waals surface area contributed by atoms with Crippen LogP contribution in [0, 0.1) is 0 Å². The standard InChI is InChI=1S/C7H15FN2O2/c1-9-2-3-12-5-7(8)4-10-6-11/h6-7,9H,2-5H2,1H3,(H,10,11). The number of hydrogen-bond donors (Lipinski definition) is 2. The maximum Gasteiger partial charge on any atom is 0.207 e. The summed E-state index contributed by atoms with van der Waals surface area (Å²) in [5.74, 6) is 0. The first-order valence-electron chi connectivity index (χ1n) is 3.84. The van der Waals surface area contributed by atoms with Crippen LogP contribution in [0.15, 0.2) is 0 Å². The molecule has 72 valence electrons.